The van der Waals surface area contributed by atoms with Gasteiger partial charge in [0.25, 0.3) is 0 Å². The number of benzene rings is 1. The Bertz CT molecular complexity index is 1250. The van der Waals surface area contributed by atoms with Crippen LogP contribution in [-0.2, 0) is 17.3 Å². The predicted octanol–water partition coefficient (Wildman–Crippen LogP) is 5.78. The van der Waals surface area contributed by atoms with E-state index in [2.05, 4.69) is 22.2 Å². The minimum absolute atomic E-state index is 0.00516. The Morgan fingerprint density at radius 3 is 2.54 bits per heavy atom. The lowest BCUT2D eigenvalue weighted by Crippen LogP contribution is -2.29. The van der Waals surface area contributed by atoms with Crippen LogP contribution in [0.1, 0.15) is 62.9 Å². The van der Waals surface area contributed by atoms with Crippen molar-refractivity contribution < 1.29 is 22.3 Å². The van der Waals surface area contributed by atoms with E-state index in [0.29, 0.717) is 49.1 Å². The molecule has 0 atom stereocenters. The van der Waals surface area contributed by atoms with E-state index in [0.717, 1.165) is 56.7 Å². The van der Waals surface area contributed by atoms with Gasteiger partial charge < -0.3 is 15.8 Å². The summed E-state index contributed by atoms with van der Waals surface area (Å²) in [5.41, 5.74) is 5.80. The van der Waals surface area contributed by atoms with Gasteiger partial charge in [-0.1, -0.05) is 6.92 Å². The van der Waals surface area contributed by atoms with Crippen LogP contribution in [-0.4, -0.2) is 39.3 Å². The van der Waals surface area contributed by atoms with Crippen LogP contribution in [0.5, 0.6) is 0 Å². The Labute approximate surface area is 212 Å². The van der Waals surface area contributed by atoms with E-state index in [1.165, 1.54) is 0 Å². The Morgan fingerprint density at radius 1 is 1.14 bits per heavy atom. The monoisotopic (exact) mass is 520 g/mol. The van der Waals surface area contributed by atoms with Gasteiger partial charge >= 0.3 is 6.18 Å². The van der Waals surface area contributed by atoms with Crippen molar-refractivity contribution in [3.8, 4) is 0 Å². The number of imidazole rings is 1. The largest absolute Gasteiger partial charge is 0.416 e. The normalized spacial score (nSPS) is 22.3. The molecule has 1 saturated carbocycles. The van der Waals surface area contributed by atoms with Crippen LogP contribution in [0.15, 0.2) is 24.4 Å². The Kier molecular flexibility index (Phi) is 7.10. The summed E-state index contributed by atoms with van der Waals surface area (Å²) >= 11 is 0. The van der Waals surface area contributed by atoms with Crippen molar-refractivity contribution in [3.63, 3.8) is 0 Å². The van der Waals surface area contributed by atoms with Gasteiger partial charge in [-0.3, -0.25) is 4.57 Å². The summed E-state index contributed by atoms with van der Waals surface area (Å²) in [5.74, 6) is 0.582. The molecule has 3 heterocycles. The maximum Gasteiger partial charge on any atom is 0.416 e. The van der Waals surface area contributed by atoms with Crippen LogP contribution in [0, 0.1) is 17.2 Å². The third-order valence-electron chi connectivity index (χ3n) is 7.82. The van der Waals surface area contributed by atoms with E-state index in [4.69, 9.17) is 15.5 Å². The van der Waals surface area contributed by atoms with Gasteiger partial charge in [-0.15, -0.1) is 0 Å². The Balaban J connectivity index is 1.54. The molecule has 1 saturated heterocycles. The highest BCUT2D eigenvalue weighted by Gasteiger charge is 2.33. The molecular formula is C26H32F4N6O. The second kappa shape index (κ2) is 10.2. The molecule has 2 fully saturated rings. The fourth-order valence-corrected chi connectivity index (χ4v) is 5.42. The molecule has 2 aliphatic rings. The Hall–Kier alpha value is -2.79. The smallest absolute Gasteiger partial charge is 0.381 e. The predicted molar refractivity (Wildman–Crippen MR) is 132 cm³/mol. The number of halogens is 4. The number of nitrogens with zero attached hydrogens (tertiary/aromatic N) is 4. The van der Waals surface area contributed by atoms with Crippen LogP contribution >= 0.6 is 0 Å². The maximum absolute atomic E-state index is 14.6. The summed E-state index contributed by atoms with van der Waals surface area (Å²) < 4.78 is 62.0. The fraction of sp³-hybridized carbons (Fsp3) is 0.577. The van der Waals surface area contributed by atoms with Gasteiger partial charge in [-0.2, -0.15) is 13.2 Å². The highest BCUT2D eigenvalue weighted by molar-refractivity contribution is 5.75. The van der Waals surface area contributed by atoms with Gasteiger partial charge in [0.05, 0.1) is 17.4 Å². The van der Waals surface area contributed by atoms with Crippen molar-refractivity contribution in [1.82, 2.24) is 19.5 Å². The lowest BCUT2D eigenvalue weighted by Gasteiger charge is -2.33. The number of nitrogens with two attached hydrogens (primary N) is 1. The first-order valence-corrected chi connectivity index (χ1v) is 12.8. The highest BCUT2D eigenvalue weighted by Crippen LogP contribution is 2.39. The van der Waals surface area contributed by atoms with Gasteiger partial charge in [0.1, 0.15) is 17.2 Å². The average molecular weight is 521 g/mol. The number of hydrogen-bond donors (Lipinski definition) is 2. The van der Waals surface area contributed by atoms with Crippen molar-refractivity contribution in [2.45, 2.75) is 64.1 Å². The van der Waals surface area contributed by atoms with Crippen LogP contribution in [0.3, 0.4) is 0 Å². The molecular weight excluding hydrogens is 488 g/mol. The van der Waals surface area contributed by atoms with E-state index in [1.54, 1.807) is 6.20 Å². The molecule has 5 rings (SSSR count). The maximum atomic E-state index is 14.6. The molecule has 3 aromatic rings. The van der Waals surface area contributed by atoms with Crippen LogP contribution in [0.4, 0.5) is 29.2 Å². The van der Waals surface area contributed by atoms with E-state index < -0.39 is 17.6 Å². The van der Waals surface area contributed by atoms with Gasteiger partial charge in [-0.25, -0.2) is 19.3 Å². The van der Waals surface area contributed by atoms with E-state index in [1.807, 2.05) is 4.57 Å². The third-order valence-corrected chi connectivity index (χ3v) is 7.82. The molecule has 1 aliphatic carbocycles. The minimum atomic E-state index is -4.59. The number of fused-ring (bicyclic) bond motifs is 1. The molecule has 2 aromatic heterocycles. The van der Waals surface area contributed by atoms with Crippen molar-refractivity contribution in [1.29, 1.82) is 0 Å². The van der Waals surface area contributed by atoms with E-state index in [9.17, 15) is 17.6 Å². The van der Waals surface area contributed by atoms with Crippen molar-refractivity contribution in [2.75, 3.05) is 25.1 Å². The SMILES string of the molecule is CC1(Cc2ncc3nc(Nc4cc(C(F)(F)F)ccc4F)n(C4CCC(CN)CC4)c3n2)CCOCC1. The topological polar surface area (TPSA) is 90.9 Å². The average Bonchev–Trinajstić information content (AvgIpc) is 3.22. The summed E-state index contributed by atoms with van der Waals surface area (Å²) in [6.45, 7) is 4.24. The first kappa shape index (κ1) is 25.8. The minimum Gasteiger partial charge on any atom is -0.381 e. The van der Waals surface area contributed by atoms with Gasteiger partial charge in [0, 0.05) is 25.7 Å². The molecule has 0 radical (unpaired) electrons. The van der Waals surface area contributed by atoms with Crippen molar-refractivity contribution in [2.24, 2.45) is 17.1 Å². The van der Waals surface area contributed by atoms with Gasteiger partial charge in [0.15, 0.2) is 5.65 Å². The standard InChI is InChI=1S/C26H32F4N6O/c1-25(8-10-37-11-9-25)13-22-32-15-21-23(35-22)36(18-5-2-16(14-31)3-6-18)24(34-21)33-20-12-17(26(28,29)30)4-7-19(20)27/h4,7,12,15-16,18H,2-3,5-6,8-11,13-14,31H2,1H3,(H,33,34). The molecule has 11 heteroatoms. The number of ether oxygens (including phenoxy) is 1. The number of anilines is 2. The van der Waals surface area contributed by atoms with Crippen LogP contribution in [0.25, 0.3) is 11.2 Å². The molecule has 0 bridgehead atoms. The number of aromatic nitrogens is 4. The summed E-state index contributed by atoms with van der Waals surface area (Å²) in [7, 11) is 0. The molecule has 200 valence electrons. The quantitative estimate of drug-likeness (QED) is 0.401. The lowest BCUT2D eigenvalue weighted by molar-refractivity contribution is -0.137. The van der Waals surface area contributed by atoms with Gasteiger partial charge in [-0.05, 0) is 74.6 Å². The zero-order valence-electron chi connectivity index (χ0n) is 20.8. The first-order valence-electron chi connectivity index (χ1n) is 12.8. The molecule has 0 amide bonds. The summed E-state index contributed by atoms with van der Waals surface area (Å²) in [5, 5.41) is 2.84. The molecule has 0 unspecified atom stereocenters. The Morgan fingerprint density at radius 2 is 1.86 bits per heavy atom. The van der Waals surface area contributed by atoms with Crippen LogP contribution < -0.4 is 11.1 Å². The number of rotatable bonds is 6. The second-order valence-corrected chi connectivity index (χ2v) is 10.6. The second-order valence-electron chi connectivity index (χ2n) is 10.6. The summed E-state index contributed by atoms with van der Waals surface area (Å²) in [6, 6.07) is 2.32. The summed E-state index contributed by atoms with van der Waals surface area (Å²) in [4.78, 5) is 14.0. The molecule has 0 spiro atoms. The van der Waals surface area contributed by atoms with Gasteiger partial charge in [0.2, 0.25) is 5.95 Å². The molecule has 1 aromatic carbocycles. The molecule has 37 heavy (non-hydrogen) atoms. The lowest BCUT2D eigenvalue weighted by atomic mass is 9.79. The fourth-order valence-electron chi connectivity index (χ4n) is 5.42. The number of hydrogen-bond acceptors (Lipinski definition) is 6. The van der Waals surface area contributed by atoms with E-state index in [-0.39, 0.29) is 23.1 Å². The molecule has 7 nitrogen and oxygen atoms in total. The number of alkyl halides is 3. The first-order chi connectivity index (χ1) is 17.6. The number of nitrogens with one attached hydrogen (secondary N) is 1. The highest BCUT2D eigenvalue weighted by atomic mass is 19.4. The molecule has 1 aliphatic heterocycles. The third kappa shape index (κ3) is 5.57. The zero-order valence-corrected chi connectivity index (χ0v) is 20.8. The van der Waals surface area contributed by atoms with Crippen LogP contribution in [0.2, 0.25) is 0 Å². The summed E-state index contributed by atoms with van der Waals surface area (Å²) in [6.07, 6.45) is 3.06. The van der Waals surface area contributed by atoms with E-state index >= 15 is 0 Å². The van der Waals surface area contributed by atoms with Crippen molar-refractivity contribution in [3.05, 3.63) is 41.6 Å². The van der Waals surface area contributed by atoms with Crippen molar-refractivity contribution >= 4 is 22.8 Å². The molecule has 3 N–H and O–H groups in total. The zero-order chi connectivity index (χ0) is 26.2.